The number of nitrogens with zero attached hydrogens (tertiary/aromatic N) is 3. The Labute approximate surface area is 140 Å². The highest BCUT2D eigenvalue weighted by Crippen LogP contribution is 2.21. The molecule has 1 aromatic carbocycles. The normalized spacial score (nSPS) is 26.0. The van der Waals surface area contributed by atoms with Crippen LogP contribution >= 0.6 is 0 Å². The fraction of sp³-hybridized carbons (Fsp3) is 0.632. The van der Waals surface area contributed by atoms with Gasteiger partial charge in [-0.25, -0.2) is 0 Å². The second-order valence-electron chi connectivity index (χ2n) is 7.14. The molecule has 1 aromatic rings. The Kier molecular flexibility index (Phi) is 5.55. The van der Waals surface area contributed by atoms with Gasteiger partial charge in [0.25, 0.3) is 0 Å². The Balaban J connectivity index is 1.46. The maximum Gasteiger partial charge on any atom is 0.193 e. The van der Waals surface area contributed by atoms with Gasteiger partial charge in [-0.05, 0) is 50.3 Å². The molecule has 0 aromatic heterocycles. The number of hydrogen-bond acceptors (Lipinski definition) is 2. The Hall–Kier alpha value is -1.55. The zero-order valence-electron chi connectivity index (χ0n) is 14.5. The molecule has 0 amide bonds. The molecule has 2 unspecified atom stereocenters. The molecule has 4 nitrogen and oxygen atoms in total. The van der Waals surface area contributed by atoms with E-state index in [9.17, 15) is 0 Å². The van der Waals surface area contributed by atoms with Crippen LogP contribution in [-0.2, 0) is 6.42 Å². The lowest BCUT2D eigenvalue weighted by Gasteiger charge is -2.23. The highest BCUT2D eigenvalue weighted by Gasteiger charge is 2.26. The molecule has 2 heterocycles. The molecule has 2 aliphatic heterocycles. The standard InChI is InChI=1S/C19H30N4/c1-20-19(21-13-18-8-10-22(2)14-18)23-11-9-17(15-23)12-16-6-4-3-5-7-16/h3-7,17-18H,8-15H2,1-2H3,(H,20,21). The van der Waals surface area contributed by atoms with Crippen LogP contribution in [0.15, 0.2) is 35.3 Å². The van der Waals surface area contributed by atoms with E-state index < -0.39 is 0 Å². The maximum absolute atomic E-state index is 4.51. The molecule has 126 valence electrons. The summed E-state index contributed by atoms with van der Waals surface area (Å²) in [7, 11) is 4.12. The monoisotopic (exact) mass is 314 g/mol. The van der Waals surface area contributed by atoms with E-state index in [4.69, 9.17) is 0 Å². The predicted molar refractivity (Wildman–Crippen MR) is 96.8 cm³/mol. The molecule has 2 saturated heterocycles. The van der Waals surface area contributed by atoms with Crippen LogP contribution in [0.1, 0.15) is 18.4 Å². The van der Waals surface area contributed by atoms with E-state index in [1.165, 1.54) is 37.9 Å². The van der Waals surface area contributed by atoms with Crippen molar-refractivity contribution in [2.24, 2.45) is 16.8 Å². The summed E-state index contributed by atoms with van der Waals surface area (Å²) in [4.78, 5) is 9.36. The van der Waals surface area contributed by atoms with Gasteiger partial charge >= 0.3 is 0 Å². The minimum Gasteiger partial charge on any atom is -0.356 e. The van der Waals surface area contributed by atoms with E-state index in [1.54, 1.807) is 0 Å². The highest BCUT2D eigenvalue weighted by atomic mass is 15.3. The van der Waals surface area contributed by atoms with Crippen molar-refractivity contribution in [2.75, 3.05) is 46.8 Å². The molecule has 0 saturated carbocycles. The van der Waals surface area contributed by atoms with Gasteiger partial charge in [0.2, 0.25) is 0 Å². The number of hydrogen-bond donors (Lipinski definition) is 1. The average molecular weight is 314 g/mol. The third kappa shape index (κ3) is 4.47. The molecule has 1 N–H and O–H groups in total. The minimum atomic E-state index is 0.744. The smallest absolute Gasteiger partial charge is 0.193 e. The van der Waals surface area contributed by atoms with Crippen LogP contribution in [0.3, 0.4) is 0 Å². The van der Waals surface area contributed by atoms with E-state index >= 15 is 0 Å². The van der Waals surface area contributed by atoms with Crippen LogP contribution in [0.5, 0.6) is 0 Å². The first-order chi connectivity index (χ1) is 11.2. The van der Waals surface area contributed by atoms with Crippen molar-refractivity contribution in [2.45, 2.75) is 19.3 Å². The molecule has 0 aliphatic carbocycles. The van der Waals surface area contributed by atoms with Gasteiger partial charge in [-0.3, -0.25) is 4.99 Å². The van der Waals surface area contributed by atoms with Crippen LogP contribution in [0.25, 0.3) is 0 Å². The van der Waals surface area contributed by atoms with Crippen LogP contribution in [-0.4, -0.2) is 62.6 Å². The first kappa shape index (κ1) is 16.3. The molecule has 2 aliphatic rings. The molecular weight excluding hydrogens is 284 g/mol. The van der Waals surface area contributed by atoms with Crippen molar-refractivity contribution >= 4 is 5.96 Å². The van der Waals surface area contributed by atoms with Crippen molar-refractivity contribution in [3.8, 4) is 0 Å². The number of guanidine groups is 1. The molecule has 0 radical (unpaired) electrons. The first-order valence-electron chi connectivity index (χ1n) is 8.92. The predicted octanol–water partition coefficient (Wildman–Crippen LogP) is 2.08. The van der Waals surface area contributed by atoms with E-state index in [0.717, 1.165) is 37.4 Å². The van der Waals surface area contributed by atoms with Crippen molar-refractivity contribution in [1.82, 2.24) is 15.1 Å². The van der Waals surface area contributed by atoms with Crippen molar-refractivity contribution in [3.63, 3.8) is 0 Å². The number of nitrogens with one attached hydrogen (secondary N) is 1. The molecule has 4 heteroatoms. The summed E-state index contributed by atoms with van der Waals surface area (Å²) in [5.74, 6) is 2.60. The van der Waals surface area contributed by atoms with Crippen molar-refractivity contribution in [1.29, 1.82) is 0 Å². The first-order valence-corrected chi connectivity index (χ1v) is 8.92. The second kappa shape index (κ2) is 7.82. The van der Waals surface area contributed by atoms with Gasteiger partial charge in [-0.2, -0.15) is 0 Å². The lowest BCUT2D eigenvalue weighted by Crippen LogP contribution is -2.42. The summed E-state index contributed by atoms with van der Waals surface area (Å²) in [6.07, 6.45) is 3.75. The number of benzene rings is 1. The average Bonchev–Trinajstić information content (AvgIpc) is 3.19. The highest BCUT2D eigenvalue weighted by molar-refractivity contribution is 5.80. The topological polar surface area (TPSA) is 30.9 Å². The zero-order chi connectivity index (χ0) is 16.1. The van der Waals surface area contributed by atoms with E-state index in [-0.39, 0.29) is 0 Å². The molecule has 2 atom stereocenters. The lowest BCUT2D eigenvalue weighted by atomic mass is 9.99. The molecule has 2 fully saturated rings. The molecule has 3 rings (SSSR count). The summed E-state index contributed by atoms with van der Waals surface area (Å²) in [5, 5.41) is 3.61. The molecular formula is C19H30N4. The van der Waals surface area contributed by atoms with Gasteiger partial charge in [0.15, 0.2) is 5.96 Å². The van der Waals surface area contributed by atoms with E-state index in [0.29, 0.717) is 0 Å². The Morgan fingerprint density at radius 1 is 1.13 bits per heavy atom. The van der Waals surface area contributed by atoms with Crippen molar-refractivity contribution < 1.29 is 0 Å². The Bertz CT molecular complexity index is 513. The van der Waals surface area contributed by atoms with E-state index in [2.05, 4.69) is 57.5 Å². The minimum absolute atomic E-state index is 0.744. The van der Waals surface area contributed by atoms with E-state index in [1.807, 2.05) is 7.05 Å². The van der Waals surface area contributed by atoms with Gasteiger partial charge < -0.3 is 15.1 Å². The van der Waals surface area contributed by atoms with Gasteiger partial charge in [0, 0.05) is 33.2 Å². The van der Waals surface area contributed by atoms with Gasteiger partial charge in [-0.1, -0.05) is 30.3 Å². The number of likely N-dealkylation sites (tertiary alicyclic amines) is 2. The Morgan fingerprint density at radius 3 is 2.61 bits per heavy atom. The fourth-order valence-corrected chi connectivity index (χ4v) is 3.90. The largest absolute Gasteiger partial charge is 0.356 e. The maximum atomic E-state index is 4.51. The number of rotatable bonds is 4. The fourth-order valence-electron chi connectivity index (χ4n) is 3.90. The number of aliphatic imine (C=N–C) groups is 1. The van der Waals surface area contributed by atoms with Crippen LogP contribution in [0, 0.1) is 11.8 Å². The van der Waals surface area contributed by atoms with Crippen LogP contribution in [0.2, 0.25) is 0 Å². The summed E-state index contributed by atoms with van der Waals surface area (Å²) >= 11 is 0. The van der Waals surface area contributed by atoms with Gasteiger partial charge in [0.1, 0.15) is 0 Å². The third-order valence-corrected chi connectivity index (χ3v) is 5.20. The second-order valence-corrected chi connectivity index (χ2v) is 7.14. The SMILES string of the molecule is CN=C(NCC1CCN(C)C1)N1CCC(Cc2ccccc2)C1. The summed E-state index contributed by atoms with van der Waals surface area (Å²) in [6.45, 7) is 5.74. The summed E-state index contributed by atoms with van der Waals surface area (Å²) in [5.41, 5.74) is 1.45. The summed E-state index contributed by atoms with van der Waals surface area (Å²) < 4.78 is 0. The van der Waals surface area contributed by atoms with Gasteiger partial charge in [0.05, 0.1) is 0 Å². The zero-order valence-corrected chi connectivity index (χ0v) is 14.5. The lowest BCUT2D eigenvalue weighted by molar-refractivity contribution is 0.390. The van der Waals surface area contributed by atoms with Gasteiger partial charge in [-0.15, -0.1) is 0 Å². The van der Waals surface area contributed by atoms with Crippen LogP contribution in [0.4, 0.5) is 0 Å². The quantitative estimate of drug-likeness (QED) is 0.682. The van der Waals surface area contributed by atoms with Crippen molar-refractivity contribution in [3.05, 3.63) is 35.9 Å². The molecule has 0 spiro atoms. The molecule has 23 heavy (non-hydrogen) atoms. The molecule has 0 bridgehead atoms. The Morgan fingerprint density at radius 2 is 1.91 bits per heavy atom. The third-order valence-electron chi connectivity index (χ3n) is 5.20. The summed E-state index contributed by atoms with van der Waals surface area (Å²) in [6, 6.07) is 10.9. The van der Waals surface area contributed by atoms with Crippen LogP contribution < -0.4 is 5.32 Å².